The highest BCUT2D eigenvalue weighted by Gasteiger charge is 2.27. The lowest BCUT2D eigenvalue weighted by Crippen LogP contribution is -2.36. The fourth-order valence-corrected chi connectivity index (χ4v) is 0.930. The molecule has 0 spiro atoms. The Bertz CT molecular complexity index is 260. The molecular formula is C9H15NO4. The van der Waals surface area contributed by atoms with E-state index in [1.807, 2.05) is 0 Å². The van der Waals surface area contributed by atoms with Crippen LogP contribution < -0.4 is 0 Å². The molecule has 0 bridgehead atoms. The minimum atomic E-state index is -0.657. The SMILES string of the molecule is CON(C)C(=O)C1=COC(C)(C)OC1. The van der Waals surface area contributed by atoms with Gasteiger partial charge in [-0.05, 0) is 0 Å². The van der Waals surface area contributed by atoms with Crippen LogP contribution in [0, 0.1) is 0 Å². The van der Waals surface area contributed by atoms with Crippen molar-refractivity contribution < 1.29 is 19.1 Å². The average Bonchev–Trinajstić information content (AvgIpc) is 2.15. The Kier molecular flexibility index (Phi) is 3.13. The Morgan fingerprint density at radius 3 is 2.71 bits per heavy atom. The molecule has 0 radical (unpaired) electrons. The summed E-state index contributed by atoms with van der Waals surface area (Å²) in [6.45, 7) is 3.80. The number of nitrogens with zero attached hydrogens (tertiary/aromatic N) is 1. The van der Waals surface area contributed by atoms with Crippen LogP contribution in [0.25, 0.3) is 0 Å². The van der Waals surface area contributed by atoms with Gasteiger partial charge < -0.3 is 9.47 Å². The number of ether oxygens (including phenoxy) is 2. The zero-order valence-corrected chi connectivity index (χ0v) is 8.86. The lowest BCUT2D eigenvalue weighted by atomic mass is 10.2. The van der Waals surface area contributed by atoms with Crippen LogP contribution in [0.4, 0.5) is 0 Å². The summed E-state index contributed by atoms with van der Waals surface area (Å²) in [6.07, 6.45) is 1.42. The quantitative estimate of drug-likeness (QED) is 0.616. The zero-order chi connectivity index (χ0) is 10.8. The molecule has 0 unspecified atom stereocenters. The van der Waals surface area contributed by atoms with Gasteiger partial charge in [0.15, 0.2) is 0 Å². The summed E-state index contributed by atoms with van der Waals surface area (Å²) in [5, 5.41) is 1.12. The molecular weight excluding hydrogens is 186 g/mol. The molecule has 0 saturated carbocycles. The Hall–Kier alpha value is -1.07. The van der Waals surface area contributed by atoms with Crippen LogP contribution in [0.2, 0.25) is 0 Å². The number of carbonyl (C=O) groups is 1. The Morgan fingerprint density at radius 2 is 2.29 bits per heavy atom. The van der Waals surface area contributed by atoms with E-state index < -0.39 is 5.79 Å². The topological polar surface area (TPSA) is 48.0 Å². The normalized spacial score (nSPS) is 19.6. The van der Waals surface area contributed by atoms with Crippen molar-refractivity contribution in [3.8, 4) is 0 Å². The molecule has 1 heterocycles. The second-order valence-corrected chi connectivity index (χ2v) is 3.43. The van der Waals surface area contributed by atoms with E-state index in [4.69, 9.17) is 14.3 Å². The summed E-state index contributed by atoms with van der Waals surface area (Å²) in [5.74, 6) is -0.918. The van der Waals surface area contributed by atoms with E-state index in [9.17, 15) is 4.79 Å². The van der Waals surface area contributed by atoms with Crippen LogP contribution in [0.3, 0.4) is 0 Å². The number of hydrogen-bond donors (Lipinski definition) is 0. The van der Waals surface area contributed by atoms with E-state index in [0.717, 1.165) is 5.06 Å². The van der Waals surface area contributed by atoms with E-state index in [0.29, 0.717) is 5.57 Å². The number of amides is 1. The molecule has 0 aliphatic carbocycles. The summed E-state index contributed by atoms with van der Waals surface area (Å²) >= 11 is 0. The molecule has 5 heteroatoms. The second kappa shape index (κ2) is 3.98. The van der Waals surface area contributed by atoms with Gasteiger partial charge in [0.05, 0.1) is 25.6 Å². The smallest absolute Gasteiger partial charge is 0.278 e. The molecule has 1 rings (SSSR count). The van der Waals surface area contributed by atoms with Gasteiger partial charge >= 0.3 is 0 Å². The largest absolute Gasteiger partial charge is 0.470 e. The van der Waals surface area contributed by atoms with Crippen molar-refractivity contribution in [3.63, 3.8) is 0 Å². The van der Waals surface area contributed by atoms with Crippen molar-refractivity contribution in [1.29, 1.82) is 0 Å². The first-order valence-electron chi connectivity index (χ1n) is 4.29. The average molecular weight is 201 g/mol. The number of hydroxylamine groups is 2. The summed E-state index contributed by atoms with van der Waals surface area (Å²) in [4.78, 5) is 16.3. The Morgan fingerprint density at radius 1 is 1.64 bits per heavy atom. The van der Waals surface area contributed by atoms with Gasteiger partial charge in [0.2, 0.25) is 5.79 Å². The van der Waals surface area contributed by atoms with Crippen LogP contribution in [-0.2, 0) is 19.1 Å². The minimum Gasteiger partial charge on any atom is -0.470 e. The second-order valence-electron chi connectivity index (χ2n) is 3.43. The fraction of sp³-hybridized carbons (Fsp3) is 0.667. The summed E-state index contributed by atoms with van der Waals surface area (Å²) < 4.78 is 10.5. The maximum atomic E-state index is 11.5. The molecule has 0 saturated heterocycles. The van der Waals surface area contributed by atoms with Gasteiger partial charge in [0.25, 0.3) is 5.91 Å². The van der Waals surface area contributed by atoms with Crippen LogP contribution in [-0.4, -0.2) is 37.5 Å². The first kappa shape index (κ1) is 11.0. The third-order valence-corrected chi connectivity index (χ3v) is 1.89. The lowest BCUT2D eigenvalue weighted by Gasteiger charge is -2.30. The number of hydrogen-bond acceptors (Lipinski definition) is 4. The van der Waals surface area contributed by atoms with Gasteiger partial charge in [-0.15, -0.1) is 0 Å². The molecule has 0 N–H and O–H groups in total. The molecule has 1 aliphatic rings. The van der Waals surface area contributed by atoms with Crippen LogP contribution >= 0.6 is 0 Å². The fourth-order valence-electron chi connectivity index (χ4n) is 0.930. The zero-order valence-electron chi connectivity index (χ0n) is 8.86. The summed E-state index contributed by atoms with van der Waals surface area (Å²) in [7, 11) is 2.95. The molecule has 0 aromatic carbocycles. The molecule has 5 nitrogen and oxygen atoms in total. The third-order valence-electron chi connectivity index (χ3n) is 1.89. The summed E-state index contributed by atoms with van der Waals surface area (Å²) in [6, 6.07) is 0. The van der Waals surface area contributed by atoms with E-state index in [-0.39, 0.29) is 12.5 Å². The van der Waals surface area contributed by atoms with Gasteiger partial charge in [0.1, 0.15) is 0 Å². The van der Waals surface area contributed by atoms with Gasteiger partial charge in [-0.1, -0.05) is 0 Å². The monoisotopic (exact) mass is 201 g/mol. The van der Waals surface area contributed by atoms with Crippen LogP contribution in [0.5, 0.6) is 0 Å². The van der Waals surface area contributed by atoms with Crippen molar-refractivity contribution in [3.05, 3.63) is 11.8 Å². The predicted molar refractivity (Wildman–Crippen MR) is 49.0 cm³/mol. The lowest BCUT2D eigenvalue weighted by molar-refractivity contribution is -0.195. The van der Waals surface area contributed by atoms with Crippen molar-refractivity contribution in [2.24, 2.45) is 0 Å². The molecule has 1 aliphatic heterocycles. The number of rotatable bonds is 2. The van der Waals surface area contributed by atoms with E-state index >= 15 is 0 Å². The highest BCUT2D eigenvalue weighted by atomic mass is 16.7. The van der Waals surface area contributed by atoms with Gasteiger partial charge in [0, 0.05) is 20.9 Å². The molecule has 14 heavy (non-hydrogen) atoms. The van der Waals surface area contributed by atoms with Crippen molar-refractivity contribution in [1.82, 2.24) is 5.06 Å². The highest BCUT2D eigenvalue weighted by molar-refractivity contribution is 5.92. The van der Waals surface area contributed by atoms with Gasteiger partial charge in [-0.2, -0.15) is 0 Å². The van der Waals surface area contributed by atoms with Gasteiger partial charge in [-0.25, -0.2) is 5.06 Å². The van der Waals surface area contributed by atoms with Crippen LogP contribution in [0.15, 0.2) is 11.8 Å². The third kappa shape index (κ3) is 2.46. The summed E-state index contributed by atoms with van der Waals surface area (Å²) in [5.41, 5.74) is 0.439. The van der Waals surface area contributed by atoms with E-state index in [1.54, 1.807) is 13.8 Å². The van der Waals surface area contributed by atoms with Crippen LogP contribution in [0.1, 0.15) is 13.8 Å². The maximum absolute atomic E-state index is 11.5. The maximum Gasteiger partial charge on any atom is 0.278 e. The Balaban J connectivity index is 2.64. The van der Waals surface area contributed by atoms with Gasteiger partial charge in [-0.3, -0.25) is 9.63 Å². The van der Waals surface area contributed by atoms with Crippen molar-refractivity contribution in [2.45, 2.75) is 19.6 Å². The first-order chi connectivity index (χ1) is 6.46. The van der Waals surface area contributed by atoms with E-state index in [2.05, 4.69) is 0 Å². The van der Waals surface area contributed by atoms with E-state index in [1.165, 1.54) is 20.4 Å². The number of carbonyl (C=O) groups excluding carboxylic acids is 1. The molecule has 1 amide bonds. The van der Waals surface area contributed by atoms with Crippen molar-refractivity contribution in [2.75, 3.05) is 20.8 Å². The number of likely N-dealkylation sites (N-methyl/N-ethyl adjacent to an activating group) is 1. The minimum absolute atomic E-state index is 0.236. The molecule has 0 atom stereocenters. The highest BCUT2D eigenvalue weighted by Crippen LogP contribution is 2.20. The predicted octanol–water partition coefficient (Wildman–Crippen LogP) is 0.673. The van der Waals surface area contributed by atoms with Crippen molar-refractivity contribution >= 4 is 5.91 Å². The standard InChI is InChI=1S/C9H15NO4/c1-9(2)13-5-7(6-14-9)8(11)10(3)12-4/h5H,6H2,1-4H3. The molecule has 80 valence electrons. The Labute approximate surface area is 83.2 Å². The first-order valence-corrected chi connectivity index (χ1v) is 4.29. The molecule has 0 fully saturated rings. The molecule has 0 aromatic heterocycles. The molecule has 0 aromatic rings.